The molecular weight excluding hydrogens is 366 g/mol. The number of halogens is 7. The Morgan fingerprint density at radius 1 is 1.10 bits per heavy atom. The number of alkyl halides is 1. The average Bonchev–Trinajstić information content (AvgIpc) is 2.21. The van der Waals surface area contributed by atoms with Crippen LogP contribution in [0, 0.1) is 5.82 Å². The normalized spacial score (nSPS) is 30.1. The van der Waals surface area contributed by atoms with Crippen molar-refractivity contribution in [3.05, 3.63) is 30.1 Å². The molecule has 1 aromatic rings. The summed E-state index contributed by atoms with van der Waals surface area (Å²) < 4.78 is 97.7. The van der Waals surface area contributed by atoms with E-state index in [1.807, 2.05) is 0 Å². The number of hydrogen-bond acceptors (Lipinski definition) is 2. The minimum Gasteiger partial charge on any atom is -0.222 e. The summed E-state index contributed by atoms with van der Waals surface area (Å²) in [5.74, 6) is -1.20. The summed E-state index contributed by atoms with van der Waals surface area (Å²) in [4.78, 5) is -0.902. The highest BCUT2D eigenvalue weighted by Gasteiger charge is 2.77. The summed E-state index contributed by atoms with van der Waals surface area (Å²) in [5.41, 5.74) is 0. The van der Waals surface area contributed by atoms with Gasteiger partial charge >= 0.3 is 0 Å². The van der Waals surface area contributed by atoms with Gasteiger partial charge in [-0.05, 0) is 12.1 Å². The highest BCUT2D eigenvalue weighted by molar-refractivity contribution is 8.46. The number of benzene rings is 1. The summed E-state index contributed by atoms with van der Waals surface area (Å²) in [6.45, 7) is 0. The van der Waals surface area contributed by atoms with Gasteiger partial charge in [0, 0.05) is 12.8 Å². The number of sulfone groups is 1. The van der Waals surface area contributed by atoms with Crippen molar-refractivity contribution >= 4 is 31.7 Å². The lowest BCUT2D eigenvalue weighted by molar-refractivity contribution is 0.290. The Morgan fingerprint density at radius 2 is 1.57 bits per heavy atom. The zero-order valence-electron chi connectivity index (χ0n) is 10.1. The van der Waals surface area contributed by atoms with Crippen molar-refractivity contribution in [3.8, 4) is 0 Å². The van der Waals surface area contributed by atoms with Crippen LogP contribution in [0.4, 0.5) is 23.8 Å². The van der Waals surface area contributed by atoms with Crippen LogP contribution < -0.4 is 0 Å². The van der Waals surface area contributed by atoms with Crippen LogP contribution in [0.2, 0.25) is 0 Å². The largest absolute Gasteiger partial charge is 0.288 e. The van der Waals surface area contributed by atoms with E-state index in [-0.39, 0.29) is 0 Å². The van der Waals surface area contributed by atoms with Crippen LogP contribution in [0.1, 0.15) is 12.8 Å². The van der Waals surface area contributed by atoms with Crippen LogP contribution in [0.15, 0.2) is 29.2 Å². The first-order chi connectivity index (χ1) is 9.07. The Balaban J connectivity index is 2.36. The predicted octanol–water partition coefficient (Wildman–Crippen LogP) is 5.00. The smallest absolute Gasteiger partial charge is 0.222 e. The molecule has 0 N–H and O–H groups in total. The molecule has 11 heteroatoms. The quantitative estimate of drug-likeness (QED) is 0.551. The van der Waals surface area contributed by atoms with Crippen LogP contribution in [-0.2, 0) is 9.84 Å². The minimum absolute atomic E-state index is 0.785. The molecule has 0 spiro atoms. The molecular formula is C10H9ClF6O2S2. The molecule has 21 heavy (non-hydrogen) atoms. The SMILES string of the molecule is O=S(=O)(c1ccccc1F)C1(Cl)CC(S(F)(F)(F)(F)F)C1. The zero-order valence-corrected chi connectivity index (χ0v) is 12.5. The maximum atomic E-state index is 13.5. The van der Waals surface area contributed by atoms with Gasteiger partial charge in [-0.1, -0.05) is 31.6 Å². The molecule has 0 atom stereocenters. The molecule has 1 aromatic carbocycles. The van der Waals surface area contributed by atoms with E-state index in [0.29, 0.717) is 0 Å². The third kappa shape index (κ3) is 2.85. The van der Waals surface area contributed by atoms with Crippen LogP contribution >= 0.6 is 21.8 Å². The molecule has 1 saturated carbocycles. The fraction of sp³-hybridized carbons (Fsp3) is 0.400. The second-order valence-electron chi connectivity index (χ2n) is 4.88. The first-order valence-corrected chi connectivity index (χ1v) is 9.35. The Hall–Kier alpha value is -0.610. The van der Waals surface area contributed by atoms with Crippen LogP contribution in [0.5, 0.6) is 0 Å². The third-order valence-electron chi connectivity index (χ3n) is 3.30. The van der Waals surface area contributed by atoms with E-state index >= 15 is 0 Å². The average molecular weight is 375 g/mol. The van der Waals surface area contributed by atoms with Crippen molar-refractivity contribution in [2.45, 2.75) is 27.2 Å². The van der Waals surface area contributed by atoms with Gasteiger partial charge in [0.1, 0.15) is 16.0 Å². The molecule has 0 aromatic heterocycles. The van der Waals surface area contributed by atoms with E-state index in [1.54, 1.807) is 0 Å². The summed E-state index contributed by atoms with van der Waals surface area (Å²) in [7, 11) is -14.5. The second-order valence-corrected chi connectivity index (χ2v) is 10.8. The van der Waals surface area contributed by atoms with Gasteiger partial charge in [-0.25, -0.2) is 12.8 Å². The molecule has 1 fully saturated rings. The Bertz CT molecular complexity index is 694. The standard InChI is InChI=1S/C10H9ClF6O2S2/c11-10(5-7(6-10)21(13,14,15,16)17)20(18,19)9-4-2-1-3-8(9)12/h1-4,7H,5-6H2. The van der Waals surface area contributed by atoms with Crippen LogP contribution in [0.25, 0.3) is 0 Å². The molecule has 1 aliphatic carbocycles. The molecule has 2 rings (SSSR count). The van der Waals surface area contributed by atoms with Crippen molar-refractivity contribution in [1.82, 2.24) is 0 Å². The predicted molar refractivity (Wildman–Crippen MR) is 68.3 cm³/mol. The zero-order chi connectivity index (χ0) is 16.4. The molecule has 122 valence electrons. The van der Waals surface area contributed by atoms with Gasteiger partial charge in [-0.2, -0.15) is 0 Å². The molecule has 0 unspecified atom stereocenters. The maximum absolute atomic E-state index is 13.5. The van der Waals surface area contributed by atoms with Crippen molar-refractivity contribution in [3.63, 3.8) is 0 Å². The third-order valence-corrected chi connectivity index (χ3v) is 8.02. The molecule has 0 saturated heterocycles. The van der Waals surface area contributed by atoms with E-state index in [0.717, 1.165) is 18.2 Å². The van der Waals surface area contributed by atoms with Crippen LogP contribution in [0.3, 0.4) is 0 Å². The van der Waals surface area contributed by atoms with E-state index in [4.69, 9.17) is 11.6 Å². The summed E-state index contributed by atoms with van der Waals surface area (Å²) >= 11 is 5.56. The highest BCUT2D eigenvalue weighted by atomic mass is 35.5. The molecule has 1 aliphatic rings. The maximum Gasteiger partial charge on any atom is 0.288 e. The van der Waals surface area contributed by atoms with Crippen molar-refractivity contribution in [2.75, 3.05) is 0 Å². The molecule has 0 bridgehead atoms. The molecule has 2 nitrogen and oxygen atoms in total. The number of rotatable bonds is 3. The Kier molecular flexibility index (Phi) is 3.05. The lowest BCUT2D eigenvalue weighted by atomic mass is 9.98. The fourth-order valence-corrected chi connectivity index (χ4v) is 6.05. The monoisotopic (exact) mass is 374 g/mol. The lowest BCUT2D eigenvalue weighted by Gasteiger charge is -2.55. The molecule has 0 amide bonds. The van der Waals surface area contributed by atoms with E-state index < -0.39 is 53.1 Å². The van der Waals surface area contributed by atoms with E-state index in [9.17, 15) is 32.2 Å². The first-order valence-electron chi connectivity index (χ1n) is 5.48. The van der Waals surface area contributed by atoms with Crippen molar-refractivity contribution in [2.24, 2.45) is 0 Å². The number of hydrogen-bond donors (Lipinski definition) is 0. The summed E-state index contributed by atoms with van der Waals surface area (Å²) in [5, 5.41) is -3.08. The van der Waals surface area contributed by atoms with E-state index in [1.165, 1.54) is 6.07 Å². The molecule has 0 heterocycles. The van der Waals surface area contributed by atoms with E-state index in [2.05, 4.69) is 0 Å². The summed E-state index contributed by atoms with van der Waals surface area (Å²) in [6.07, 6.45) is -2.99. The highest BCUT2D eigenvalue weighted by Crippen LogP contribution is 3.02. The van der Waals surface area contributed by atoms with Crippen molar-refractivity contribution in [1.29, 1.82) is 0 Å². The topological polar surface area (TPSA) is 34.1 Å². The van der Waals surface area contributed by atoms with Crippen LogP contribution in [-0.4, -0.2) is 17.9 Å². The van der Waals surface area contributed by atoms with Gasteiger partial charge in [0.05, 0.1) is 0 Å². The Labute approximate surface area is 121 Å². The van der Waals surface area contributed by atoms with Gasteiger partial charge in [0.25, 0.3) is 10.2 Å². The van der Waals surface area contributed by atoms with Gasteiger partial charge < -0.3 is 0 Å². The van der Waals surface area contributed by atoms with Gasteiger partial charge in [0.2, 0.25) is 9.84 Å². The molecule has 0 aliphatic heterocycles. The van der Waals surface area contributed by atoms with Gasteiger partial charge in [0.15, 0.2) is 4.21 Å². The first kappa shape index (κ1) is 16.8. The van der Waals surface area contributed by atoms with Gasteiger partial charge in [-0.15, -0.1) is 11.6 Å². The Morgan fingerprint density at radius 3 is 2.00 bits per heavy atom. The molecule has 0 radical (unpaired) electrons. The van der Waals surface area contributed by atoms with Crippen molar-refractivity contribution < 1.29 is 32.2 Å². The minimum atomic E-state index is -9.81. The second kappa shape index (κ2) is 3.83. The lowest BCUT2D eigenvalue weighted by Crippen LogP contribution is -2.52. The van der Waals surface area contributed by atoms with Gasteiger partial charge in [-0.3, -0.25) is 0 Å². The summed E-state index contributed by atoms with van der Waals surface area (Å²) in [6, 6.07) is 3.93. The fourth-order valence-electron chi connectivity index (χ4n) is 2.01.